The third-order valence-corrected chi connectivity index (χ3v) is 3.23. The zero-order chi connectivity index (χ0) is 13.9. The lowest BCUT2D eigenvalue weighted by Gasteiger charge is -2.01. The predicted molar refractivity (Wildman–Crippen MR) is 80.2 cm³/mol. The SMILES string of the molecule is NC(=O)c1cc(-c2ccccc2)[nH]c1-c1ccccc1. The van der Waals surface area contributed by atoms with Gasteiger partial charge in [-0.3, -0.25) is 4.79 Å². The van der Waals surface area contributed by atoms with Gasteiger partial charge in [0.05, 0.1) is 11.3 Å². The first-order valence-electron chi connectivity index (χ1n) is 6.39. The number of carbonyl (C=O) groups is 1. The molecule has 3 rings (SSSR count). The Bertz CT molecular complexity index is 730. The molecule has 2 aromatic carbocycles. The Balaban J connectivity index is 2.15. The first-order chi connectivity index (χ1) is 9.75. The van der Waals surface area contributed by atoms with Crippen molar-refractivity contribution in [3.8, 4) is 22.5 Å². The maximum Gasteiger partial charge on any atom is 0.250 e. The zero-order valence-corrected chi connectivity index (χ0v) is 10.8. The minimum Gasteiger partial charge on any atom is -0.366 e. The summed E-state index contributed by atoms with van der Waals surface area (Å²) < 4.78 is 0. The van der Waals surface area contributed by atoms with E-state index in [1.165, 1.54) is 0 Å². The van der Waals surface area contributed by atoms with Gasteiger partial charge in [-0.05, 0) is 17.2 Å². The normalized spacial score (nSPS) is 10.4. The molecular weight excluding hydrogens is 248 g/mol. The van der Waals surface area contributed by atoms with E-state index in [0.717, 1.165) is 22.5 Å². The van der Waals surface area contributed by atoms with Crippen molar-refractivity contribution < 1.29 is 4.79 Å². The van der Waals surface area contributed by atoms with Crippen LogP contribution in [0.4, 0.5) is 0 Å². The van der Waals surface area contributed by atoms with Crippen LogP contribution in [0, 0.1) is 0 Å². The fourth-order valence-electron chi connectivity index (χ4n) is 2.25. The van der Waals surface area contributed by atoms with Crippen LogP contribution >= 0.6 is 0 Å². The highest BCUT2D eigenvalue weighted by Gasteiger charge is 2.14. The average Bonchev–Trinajstić information content (AvgIpc) is 2.94. The number of carbonyl (C=O) groups excluding carboxylic acids is 1. The van der Waals surface area contributed by atoms with Crippen LogP contribution < -0.4 is 5.73 Å². The Kier molecular flexibility index (Phi) is 3.09. The molecule has 0 spiro atoms. The van der Waals surface area contributed by atoms with Crippen LogP contribution in [-0.4, -0.2) is 10.9 Å². The van der Waals surface area contributed by atoms with E-state index in [-0.39, 0.29) is 0 Å². The quantitative estimate of drug-likeness (QED) is 0.746. The molecule has 3 N–H and O–H groups in total. The summed E-state index contributed by atoms with van der Waals surface area (Å²) in [5.74, 6) is -0.428. The second-order valence-electron chi connectivity index (χ2n) is 4.57. The van der Waals surface area contributed by atoms with E-state index >= 15 is 0 Å². The van der Waals surface area contributed by atoms with Gasteiger partial charge in [0.2, 0.25) is 0 Å². The summed E-state index contributed by atoms with van der Waals surface area (Å²) in [6.45, 7) is 0. The average molecular weight is 262 g/mol. The van der Waals surface area contributed by atoms with Crippen LogP contribution in [0.1, 0.15) is 10.4 Å². The van der Waals surface area contributed by atoms with E-state index in [1.807, 2.05) is 60.7 Å². The van der Waals surface area contributed by atoms with Crippen molar-refractivity contribution in [3.63, 3.8) is 0 Å². The number of aromatic nitrogens is 1. The van der Waals surface area contributed by atoms with Crippen molar-refractivity contribution in [2.75, 3.05) is 0 Å². The van der Waals surface area contributed by atoms with Crippen molar-refractivity contribution in [1.82, 2.24) is 4.98 Å². The Morgan fingerprint density at radius 2 is 1.40 bits per heavy atom. The van der Waals surface area contributed by atoms with Gasteiger partial charge in [0.15, 0.2) is 0 Å². The minimum atomic E-state index is -0.428. The number of amides is 1. The summed E-state index contributed by atoms with van der Waals surface area (Å²) in [7, 11) is 0. The predicted octanol–water partition coefficient (Wildman–Crippen LogP) is 3.45. The second kappa shape index (κ2) is 5.05. The molecule has 20 heavy (non-hydrogen) atoms. The molecule has 0 aliphatic rings. The summed E-state index contributed by atoms with van der Waals surface area (Å²) in [4.78, 5) is 14.9. The van der Waals surface area contributed by atoms with Gasteiger partial charge >= 0.3 is 0 Å². The highest BCUT2D eigenvalue weighted by molar-refractivity contribution is 6.00. The van der Waals surface area contributed by atoms with Crippen LogP contribution in [0.5, 0.6) is 0 Å². The molecule has 1 amide bonds. The Hall–Kier alpha value is -2.81. The topological polar surface area (TPSA) is 58.9 Å². The van der Waals surface area contributed by atoms with E-state index < -0.39 is 5.91 Å². The number of primary amides is 1. The molecule has 0 unspecified atom stereocenters. The molecule has 1 aromatic heterocycles. The highest BCUT2D eigenvalue weighted by atomic mass is 16.1. The summed E-state index contributed by atoms with van der Waals surface area (Å²) in [6, 6.07) is 21.4. The first-order valence-corrected chi connectivity index (χ1v) is 6.39. The van der Waals surface area contributed by atoms with Gasteiger partial charge < -0.3 is 10.7 Å². The maximum absolute atomic E-state index is 11.6. The van der Waals surface area contributed by atoms with Crippen molar-refractivity contribution in [2.45, 2.75) is 0 Å². The fraction of sp³-hybridized carbons (Fsp3) is 0. The molecule has 3 heteroatoms. The lowest BCUT2D eigenvalue weighted by atomic mass is 10.1. The lowest BCUT2D eigenvalue weighted by Crippen LogP contribution is -2.10. The molecule has 0 radical (unpaired) electrons. The summed E-state index contributed by atoms with van der Waals surface area (Å²) in [6.07, 6.45) is 0. The summed E-state index contributed by atoms with van der Waals surface area (Å²) >= 11 is 0. The van der Waals surface area contributed by atoms with E-state index in [0.29, 0.717) is 5.56 Å². The third kappa shape index (κ3) is 2.21. The highest BCUT2D eigenvalue weighted by Crippen LogP contribution is 2.28. The van der Waals surface area contributed by atoms with Gasteiger partial charge in [0.25, 0.3) is 5.91 Å². The van der Waals surface area contributed by atoms with E-state index in [1.54, 1.807) is 6.07 Å². The number of hydrogen-bond acceptors (Lipinski definition) is 1. The minimum absolute atomic E-state index is 0.428. The standard InChI is InChI=1S/C17H14N2O/c18-17(20)14-11-15(12-7-3-1-4-8-12)19-16(14)13-9-5-2-6-10-13/h1-11,19H,(H2,18,20). The monoisotopic (exact) mass is 262 g/mol. The molecule has 0 atom stereocenters. The number of nitrogens with one attached hydrogen (secondary N) is 1. The smallest absolute Gasteiger partial charge is 0.250 e. The van der Waals surface area contributed by atoms with E-state index in [2.05, 4.69) is 4.98 Å². The molecule has 0 fully saturated rings. The number of H-pyrrole nitrogens is 1. The first kappa shape index (κ1) is 12.2. The molecule has 0 bridgehead atoms. The lowest BCUT2D eigenvalue weighted by molar-refractivity contribution is 0.100. The van der Waals surface area contributed by atoms with Crippen molar-refractivity contribution >= 4 is 5.91 Å². The summed E-state index contributed by atoms with van der Waals surface area (Å²) in [5, 5.41) is 0. The Morgan fingerprint density at radius 3 is 1.95 bits per heavy atom. The molecule has 0 saturated carbocycles. The molecular formula is C17H14N2O. The molecule has 1 heterocycles. The largest absolute Gasteiger partial charge is 0.366 e. The van der Waals surface area contributed by atoms with Gasteiger partial charge in [-0.2, -0.15) is 0 Å². The Labute approximate surface area is 117 Å². The fourth-order valence-corrected chi connectivity index (χ4v) is 2.25. The van der Waals surface area contributed by atoms with Crippen molar-refractivity contribution in [2.24, 2.45) is 5.73 Å². The molecule has 0 aliphatic heterocycles. The molecule has 0 aliphatic carbocycles. The second-order valence-corrected chi connectivity index (χ2v) is 4.57. The van der Waals surface area contributed by atoms with E-state index in [9.17, 15) is 4.79 Å². The number of nitrogens with two attached hydrogens (primary N) is 1. The molecule has 3 nitrogen and oxygen atoms in total. The van der Waals surface area contributed by atoms with Gasteiger partial charge in [-0.15, -0.1) is 0 Å². The molecule has 3 aromatic rings. The number of rotatable bonds is 3. The van der Waals surface area contributed by atoms with Crippen molar-refractivity contribution in [3.05, 3.63) is 72.3 Å². The van der Waals surface area contributed by atoms with Crippen LogP contribution in [0.3, 0.4) is 0 Å². The zero-order valence-electron chi connectivity index (χ0n) is 10.8. The van der Waals surface area contributed by atoms with Crippen LogP contribution in [-0.2, 0) is 0 Å². The van der Waals surface area contributed by atoms with Gasteiger partial charge in [-0.1, -0.05) is 60.7 Å². The number of aromatic amines is 1. The third-order valence-electron chi connectivity index (χ3n) is 3.23. The molecule has 98 valence electrons. The number of benzene rings is 2. The van der Waals surface area contributed by atoms with Gasteiger partial charge in [0.1, 0.15) is 0 Å². The molecule has 0 saturated heterocycles. The van der Waals surface area contributed by atoms with Crippen LogP contribution in [0.15, 0.2) is 66.7 Å². The van der Waals surface area contributed by atoms with Gasteiger partial charge in [-0.25, -0.2) is 0 Å². The number of hydrogen-bond donors (Lipinski definition) is 2. The van der Waals surface area contributed by atoms with E-state index in [4.69, 9.17) is 5.73 Å². The maximum atomic E-state index is 11.6. The van der Waals surface area contributed by atoms with Crippen LogP contribution in [0.2, 0.25) is 0 Å². The summed E-state index contributed by atoms with van der Waals surface area (Å²) in [5.41, 5.74) is 9.61. The van der Waals surface area contributed by atoms with Crippen molar-refractivity contribution in [1.29, 1.82) is 0 Å². The van der Waals surface area contributed by atoms with Crippen LogP contribution in [0.25, 0.3) is 22.5 Å². The van der Waals surface area contributed by atoms with Gasteiger partial charge in [0, 0.05) is 5.69 Å². The Morgan fingerprint density at radius 1 is 0.850 bits per heavy atom.